The Morgan fingerprint density at radius 3 is 2.70 bits per heavy atom. The highest BCUT2D eigenvalue weighted by atomic mass is 16.5. The van der Waals surface area contributed by atoms with Crippen LogP contribution in [-0.2, 0) is 11.2 Å². The standard InChI is InChI=1S/C19H21NO3/c1-12(2)15-7-5-4-6-13(15)10-18-19(22)20(3)16-9-8-14(21)11-17(16)23-18/h4-9,11-12,18,21H,10H2,1-3H3. The number of hydrogen-bond acceptors (Lipinski definition) is 3. The van der Waals surface area contributed by atoms with Crippen molar-refractivity contribution < 1.29 is 14.6 Å². The first-order chi connectivity index (χ1) is 11.0. The van der Waals surface area contributed by atoms with Crippen molar-refractivity contribution in [2.75, 3.05) is 11.9 Å². The highest BCUT2D eigenvalue weighted by Crippen LogP contribution is 2.36. The van der Waals surface area contributed by atoms with E-state index in [0.29, 0.717) is 23.8 Å². The van der Waals surface area contributed by atoms with Gasteiger partial charge in [0, 0.05) is 19.5 Å². The largest absolute Gasteiger partial charge is 0.508 e. The van der Waals surface area contributed by atoms with Crippen LogP contribution in [-0.4, -0.2) is 24.2 Å². The minimum atomic E-state index is -0.575. The van der Waals surface area contributed by atoms with Gasteiger partial charge in [-0.15, -0.1) is 0 Å². The second kappa shape index (κ2) is 5.95. The summed E-state index contributed by atoms with van der Waals surface area (Å²) in [5.74, 6) is 0.993. The number of phenols is 1. The molecule has 0 bridgehead atoms. The van der Waals surface area contributed by atoms with E-state index in [9.17, 15) is 9.90 Å². The Morgan fingerprint density at radius 1 is 1.22 bits per heavy atom. The van der Waals surface area contributed by atoms with Crippen LogP contribution in [0.25, 0.3) is 0 Å². The van der Waals surface area contributed by atoms with Gasteiger partial charge in [-0.3, -0.25) is 4.79 Å². The SMILES string of the molecule is CC(C)c1ccccc1CC1Oc2cc(O)ccc2N(C)C1=O. The molecule has 0 aliphatic carbocycles. The minimum absolute atomic E-state index is 0.0678. The summed E-state index contributed by atoms with van der Waals surface area (Å²) < 4.78 is 5.88. The van der Waals surface area contributed by atoms with Gasteiger partial charge in [0.1, 0.15) is 11.5 Å². The molecule has 0 saturated carbocycles. The molecular weight excluding hydrogens is 290 g/mol. The zero-order chi connectivity index (χ0) is 16.6. The quantitative estimate of drug-likeness (QED) is 0.944. The van der Waals surface area contributed by atoms with Crippen molar-refractivity contribution >= 4 is 11.6 Å². The Hall–Kier alpha value is -2.49. The third-order valence-corrected chi connectivity index (χ3v) is 4.26. The van der Waals surface area contributed by atoms with Gasteiger partial charge in [0.15, 0.2) is 6.10 Å². The molecule has 0 spiro atoms. The number of nitrogens with zero attached hydrogens (tertiary/aromatic N) is 1. The van der Waals surface area contributed by atoms with Crippen LogP contribution in [0.5, 0.6) is 11.5 Å². The number of carbonyl (C=O) groups is 1. The monoisotopic (exact) mass is 311 g/mol. The fraction of sp³-hybridized carbons (Fsp3) is 0.316. The molecule has 0 saturated heterocycles. The maximum absolute atomic E-state index is 12.6. The molecule has 1 aliphatic heterocycles. The second-order valence-corrected chi connectivity index (χ2v) is 6.21. The molecule has 4 nitrogen and oxygen atoms in total. The molecule has 2 aromatic carbocycles. The number of phenolic OH excluding ortho intramolecular Hbond substituents is 1. The van der Waals surface area contributed by atoms with Crippen LogP contribution in [0.1, 0.15) is 30.9 Å². The van der Waals surface area contributed by atoms with Gasteiger partial charge in [0.05, 0.1) is 5.69 Å². The summed E-state index contributed by atoms with van der Waals surface area (Å²) in [4.78, 5) is 14.2. The lowest BCUT2D eigenvalue weighted by atomic mass is 9.93. The van der Waals surface area contributed by atoms with E-state index in [4.69, 9.17) is 4.74 Å². The zero-order valence-corrected chi connectivity index (χ0v) is 13.6. The van der Waals surface area contributed by atoms with Gasteiger partial charge in [-0.2, -0.15) is 0 Å². The molecule has 1 heterocycles. The van der Waals surface area contributed by atoms with Crippen molar-refractivity contribution in [3.8, 4) is 11.5 Å². The normalized spacial score (nSPS) is 17.1. The predicted octanol–water partition coefficient (Wildman–Crippen LogP) is 3.48. The summed E-state index contributed by atoms with van der Waals surface area (Å²) in [5, 5.41) is 9.65. The molecule has 0 fully saturated rings. The smallest absolute Gasteiger partial charge is 0.268 e. The van der Waals surface area contributed by atoms with Gasteiger partial charge in [0.2, 0.25) is 0 Å². The highest BCUT2D eigenvalue weighted by molar-refractivity contribution is 5.99. The number of rotatable bonds is 3. The Morgan fingerprint density at radius 2 is 1.96 bits per heavy atom. The first-order valence-corrected chi connectivity index (χ1v) is 7.82. The first-order valence-electron chi connectivity index (χ1n) is 7.82. The molecule has 120 valence electrons. The lowest BCUT2D eigenvalue weighted by Crippen LogP contribution is -2.45. The third kappa shape index (κ3) is 2.89. The number of carbonyl (C=O) groups excluding carboxylic acids is 1. The average Bonchev–Trinajstić information content (AvgIpc) is 2.52. The van der Waals surface area contributed by atoms with E-state index in [1.807, 2.05) is 18.2 Å². The van der Waals surface area contributed by atoms with Gasteiger partial charge < -0.3 is 14.7 Å². The van der Waals surface area contributed by atoms with E-state index >= 15 is 0 Å². The lowest BCUT2D eigenvalue weighted by Gasteiger charge is -2.32. The van der Waals surface area contributed by atoms with Crippen LogP contribution in [0.15, 0.2) is 42.5 Å². The van der Waals surface area contributed by atoms with E-state index in [0.717, 1.165) is 5.56 Å². The first kappa shape index (κ1) is 15.4. The van der Waals surface area contributed by atoms with Crippen molar-refractivity contribution in [2.45, 2.75) is 32.3 Å². The summed E-state index contributed by atoms with van der Waals surface area (Å²) in [5.41, 5.74) is 3.03. The molecule has 2 aromatic rings. The van der Waals surface area contributed by atoms with Crippen LogP contribution < -0.4 is 9.64 Å². The molecule has 1 amide bonds. The van der Waals surface area contributed by atoms with Crippen molar-refractivity contribution in [3.63, 3.8) is 0 Å². The fourth-order valence-corrected chi connectivity index (χ4v) is 3.02. The van der Waals surface area contributed by atoms with E-state index < -0.39 is 6.10 Å². The van der Waals surface area contributed by atoms with Gasteiger partial charge in [-0.25, -0.2) is 0 Å². The lowest BCUT2D eigenvalue weighted by molar-refractivity contribution is -0.125. The Balaban J connectivity index is 1.91. The summed E-state index contributed by atoms with van der Waals surface area (Å²) in [6.07, 6.45) is -0.0544. The Kier molecular flexibility index (Phi) is 3.99. The van der Waals surface area contributed by atoms with Crippen molar-refractivity contribution in [3.05, 3.63) is 53.6 Å². The van der Waals surface area contributed by atoms with Gasteiger partial charge in [-0.05, 0) is 29.2 Å². The van der Waals surface area contributed by atoms with E-state index in [1.54, 1.807) is 30.1 Å². The van der Waals surface area contributed by atoms with Crippen LogP contribution in [0.2, 0.25) is 0 Å². The summed E-state index contributed by atoms with van der Waals surface area (Å²) >= 11 is 0. The topological polar surface area (TPSA) is 49.8 Å². The number of amides is 1. The van der Waals surface area contributed by atoms with Crippen LogP contribution in [0, 0.1) is 0 Å². The second-order valence-electron chi connectivity index (χ2n) is 6.21. The number of fused-ring (bicyclic) bond motifs is 1. The number of aromatic hydroxyl groups is 1. The van der Waals surface area contributed by atoms with Gasteiger partial charge in [-0.1, -0.05) is 38.1 Å². The molecule has 1 N–H and O–H groups in total. The summed E-state index contributed by atoms with van der Waals surface area (Å²) in [6.45, 7) is 4.28. The average molecular weight is 311 g/mol. The molecule has 0 radical (unpaired) electrons. The maximum Gasteiger partial charge on any atom is 0.268 e. The molecule has 23 heavy (non-hydrogen) atoms. The number of likely N-dealkylation sites (N-methyl/N-ethyl adjacent to an activating group) is 1. The van der Waals surface area contributed by atoms with E-state index in [1.165, 1.54) is 5.56 Å². The molecule has 0 aromatic heterocycles. The molecular formula is C19H21NO3. The van der Waals surface area contributed by atoms with Crippen molar-refractivity contribution in [2.24, 2.45) is 0 Å². The van der Waals surface area contributed by atoms with Crippen molar-refractivity contribution in [1.29, 1.82) is 0 Å². The molecule has 4 heteroatoms. The van der Waals surface area contributed by atoms with Gasteiger partial charge in [0.25, 0.3) is 5.91 Å². The van der Waals surface area contributed by atoms with E-state index in [-0.39, 0.29) is 11.7 Å². The Bertz CT molecular complexity index is 739. The number of ether oxygens (including phenoxy) is 1. The zero-order valence-electron chi connectivity index (χ0n) is 13.6. The Labute approximate surface area is 136 Å². The number of anilines is 1. The molecule has 1 atom stereocenters. The van der Waals surface area contributed by atoms with Crippen LogP contribution in [0.3, 0.4) is 0 Å². The van der Waals surface area contributed by atoms with E-state index in [2.05, 4.69) is 19.9 Å². The van der Waals surface area contributed by atoms with Crippen LogP contribution in [0.4, 0.5) is 5.69 Å². The molecule has 3 rings (SSSR count). The number of hydrogen-bond donors (Lipinski definition) is 1. The molecule has 1 unspecified atom stereocenters. The molecule has 1 aliphatic rings. The summed E-state index contributed by atoms with van der Waals surface area (Å²) in [6, 6.07) is 12.9. The van der Waals surface area contributed by atoms with Gasteiger partial charge >= 0.3 is 0 Å². The predicted molar refractivity (Wildman–Crippen MR) is 90.2 cm³/mol. The summed E-state index contributed by atoms with van der Waals surface area (Å²) in [7, 11) is 1.74. The van der Waals surface area contributed by atoms with Crippen LogP contribution >= 0.6 is 0 Å². The van der Waals surface area contributed by atoms with Crippen molar-refractivity contribution in [1.82, 2.24) is 0 Å². The minimum Gasteiger partial charge on any atom is -0.508 e. The third-order valence-electron chi connectivity index (χ3n) is 4.26. The highest BCUT2D eigenvalue weighted by Gasteiger charge is 2.33. The number of benzene rings is 2. The maximum atomic E-state index is 12.6. The fourth-order valence-electron chi connectivity index (χ4n) is 3.02.